The molecule has 0 bridgehead atoms. The van der Waals surface area contributed by atoms with Gasteiger partial charge >= 0.3 is 5.97 Å². The lowest BCUT2D eigenvalue weighted by atomic mass is 10.2. The Morgan fingerprint density at radius 2 is 1.71 bits per heavy atom. The monoisotopic (exact) mass is 387 g/mol. The summed E-state index contributed by atoms with van der Waals surface area (Å²) < 4.78 is 10.0. The zero-order chi connectivity index (χ0) is 17.7. The van der Waals surface area contributed by atoms with E-state index in [1.54, 1.807) is 12.1 Å². The van der Waals surface area contributed by atoms with Crippen molar-refractivity contribution in [3.05, 3.63) is 57.0 Å². The van der Waals surface area contributed by atoms with Crippen LogP contribution in [0.1, 0.15) is 10.4 Å². The molecule has 0 aliphatic carbocycles. The summed E-state index contributed by atoms with van der Waals surface area (Å²) in [5, 5.41) is 3.51. The molecule has 0 aromatic heterocycles. The first-order valence-corrected chi connectivity index (χ1v) is 7.79. The second kappa shape index (κ2) is 8.24. The zero-order valence-corrected chi connectivity index (χ0v) is 14.7. The van der Waals surface area contributed by atoms with Gasteiger partial charge in [-0.1, -0.05) is 34.8 Å². The van der Waals surface area contributed by atoms with E-state index in [0.717, 1.165) is 0 Å². The van der Waals surface area contributed by atoms with Crippen LogP contribution in [0.2, 0.25) is 15.1 Å². The second-order valence-corrected chi connectivity index (χ2v) is 5.87. The predicted molar refractivity (Wildman–Crippen MR) is 93.4 cm³/mol. The molecule has 1 N–H and O–H groups in total. The topological polar surface area (TPSA) is 64.6 Å². The molecule has 1 amide bonds. The Hall–Kier alpha value is -1.95. The highest BCUT2D eigenvalue weighted by atomic mass is 35.5. The van der Waals surface area contributed by atoms with Crippen LogP contribution in [0.15, 0.2) is 36.4 Å². The van der Waals surface area contributed by atoms with Crippen molar-refractivity contribution in [3.63, 3.8) is 0 Å². The molecule has 0 fully saturated rings. The van der Waals surface area contributed by atoms with E-state index in [1.807, 2.05) is 0 Å². The highest BCUT2D eigenvalue weighted by molar-refractivity contribution is 6.36. The number of hydrogen-bond donors (Lipinski definition) is 1. The molecule has 5 nitrogen and oxygen atoms in total. The third kappa shape index (κ3) is 4.77. The molecule has 8 heteroatoms. The second-order valence-electron chi connectivity index (χ2n) is 4.59. The molecule has 0 aliphatic rings. The molecular weight excluding hydrogens is 377 g/mol. The fourth-order valence-corrected chi connectivity index (χ4v) is 2.49. The van der Waals surface area contributed by atoms with Gasteiger partial charge in [0.2, 0.25) is 0 Å². The first kappa shape index (κ1) is 18.4. The molecule has 0 unspecified atom stereocenters. The summed E-state index contributed by atoms with van der Waals surface area (Å²) in [4.78, 5) is 23.9. The van der Waals surface area contributed by atoms with Gasteiger partial charge in [-0.25, -0.2) is 4.79 Å². The first-order valence-electron chi connectivity index (χ1n) is 6.66. The summed E-state index contributed by atoms with van der Waals surface area (Å²) in [5.41, 5.74) is 0.491. The van der Waals surface area contributed by atoms with E-state index in [0.29, 0.717) is 21.5 Å². The van der Waals surface area contributed by atoms with Crippen LogP contribution in [0.5, 0.6) is 5.75 Å². The first-order chi connectivity index (χ1) is 11.4. The van der Waals surface area contributed by atoms with Crippen LogP contribution in [-0.4, -0.2) is 25.6 Å². The van der Waals surface area contributed by atoms with Gasteiger partial charge in [-0.2, -0.15) is 0 Å². The summed E-state index contributed by atoms with van der Waals surface area (Å²) in [6, 6.07) is 9.09. The molecule has 0 radical (unpaired) electrons. The van der Waals surface area contributed by atoms with Crippen LogP contribution in [-0.2, 0) is 9.53 Å². The Labute approximate surface area is 153 Å². The summed E-state index contributed by atoms with van der Waals surface area (Å²) in [6.07, 6.45) is 0. The number of methoxy groups -OCH3 is 1. The standard InChI is InChI=1S/C16H12Cl3NO4/c1-23-14-5-3-10(18)7-13(14)20-15(21)8-24-16(22)11-4-2-9(17)6-12(11)19/h2-7H,8H2,1H3,(H,20,21). The van der Waals surface area contributed by atoms with E-state index in [-0.39, 0.29) is 10.6 Å². The summed E-state index contributed by atoms with van der Waals surface area (Å²) >= 11 is 17.5. The largest absolute Gasteiger partial charge is 0.495 e. The third-order valence-corrected chi connectivity index (χ3v) is 3.70. The number of amides is 1. The number of esters is 1. The van der Waals surface area contributed by atoms with Crippen molar-refractivity contribution in [2.75, 3.05) is 19.0 Å². The fourth-order valence-electron chi connectivity index (χ4n) is 1.83. The molecule has 0 spiro atoms. The van der Waals surface area contributed by atoms with Crippen LogP contribution in [0.25, 0.3) is 0 Å². The average molecular weight is 389 g/mol. The number of rotatable bonds is 5. The lowest BCUT2D eigenvalue weighted by Crippen LogP contribution is -2.21. The average Bonchev–Trinajstić information content (AvgIpc) is 2.53. The number of anilines is 1. The van der Waals surface area contributed by atoms with Crippen molar-refractivity contribution in [2.24, 2.45) is 0 Å². The van der Waals surface area contributed by atoms with Crippen molar-refractivity contribution >= 4 is 52.4 Å². The van der Waals surface area contributed by atoms with Crippen LogP contribution in [0.4, 0.5) is 5.69 Å². The van der Waals surface area contributed by atoms with Crippen LogP contribution in [0.3, 0.4) is 0 Å². The van der Waals surface area contributed by atoms with Gasteiger partial charge in [-0.15, -0.1) is 0 Å². The minimum Gasteiger partial charge on any atom is -0.495 e. The zero-order valence-electron chi connectivity index (χ0n) is 12.4. The van der Waals surface area contributed by atoms with Crippen molar-refractivity contribution in [3.8, 4) is 5.75 Å². The normalized spacial score (nSPS) is 10.2. The molecule has 0 aliphatic heterocycles. The Bertz CT molecular complexity index is 780. The number of nitrogens with one attached hydrogen (secondary N) is 1. The lowest BCUT2D eigenvalue weighted by molar-refractivity contribution is -0.119. The maximum absolute atomic E-state index is 11.9. The summed E-state index contributed by atoms with van der Waals surface area (Å²) in [5.74, 6) is -0.848. The van der Waals surface area contributed by atoms with Gasteiger partial charge in [0.15, 0.2) is 6.61 Å². The van der Waals surface area contributed by atoms with E-state index in [4.69, 9.17) is 44.3 Å². The summed E-state index contributed by atoms with van der Waals surface area (Å²) in [7, 11) is 1.46. The van der Waals surface area contributed by atoms with Gasteiger partial charge in [-0.3, -0.25) is 4.79 Å². The van der Waals surface area contributed by atoms with Crippen molar-refractivity contribution in [1.29, 1.82) is 0 Å². The number of carbonyl (C=O) groups is 2. The molecule has 24 heavy (non-hydrogen) atoms. The van der Waals surface area contributed by atoms with E-state index >= 15 is 0 Å². The van der Waals surface area contributed by atoms with Gasteiger partial charge in [-0.05, 0) is 36.4 Å². The highest BCUT2D eigenvalue weighted by Crippen LogP contribution is 2.27. The minimum absolute atomic E-state index is 0.120. The molecule has 126 valence electrons. The van der Waals surface area contributed by atoms with Gasteiger partial charge in [0.05, 0.1) is 23.4 Å². The Morgan fingerprint density at radius 1 is 1.04 bits per heavy atom. The molecule has 2 aromatic rings. The number of benzene rings is 2. The molecular formula is C16H12Cl3NO4. The molecule has 0 saturated carbocycles. The van der Waals surface area contributed by atoms with E-state index in [2.05, 4.69) is 5.32 Å². The molecule has 2 rings (SSSR count). The Morgan fingerprint density at radius 3 is 2.38 bits per heavy atom. The molecule has 0 atom stereocenters. The fraction of sp³-hybridized carbons (Fsp3) is 0.125. The van der Waals surface area contributed by atoms with Crippen LogP contribution < -0.4 is 10.1 Å². The number of ether oxygens (including phenoxy) is 2. The molecule has 2 aromatic carbocycles. The SMILES string of the molecule is COc1ccc(Cl)cc1NC(=O)COC(=O)c1ccc(Cl)cc1Cl. The van der Waals surface area contributed by atoms with E-state index in [9.17, 15) is 9.59 Å². The number of hydrogen-bond acceptors (Lipinski definition) is 4. The van der Waals surface area contributed by atoms with Gasteiger partial charge in [0, 0.05) is 10.0 Å². The summed E-state index contributed by atoms with van der Waals surface area (Å²) in [6.45, 7) is -0.493. The third-order valence-electron chi connectivity index (χ3n) is 2.92. The lowest BCUT2D eigenvalue weighted by Gasteiger charge is -2.11. The highest BCUT2D eigenvalue weighted by Gasteiger charge is 2.15. The number of halogens is 3. The van der Waals surface area contributed by atoms with Gasteiger partial charge in [0.25, 0.3) is 5.91 Å². The maximum Gasteiger partial charge on any atom is 0.340 e. The molecule has 0 saturated heterocycles. The Balaban J connectivity index is 1.98. The van der Waals surface area contributed by atoms with Crippen molar-refractivity contribution < 1.29 is 19.1 Å². The number of carbonyl (C=O) groups excluding carboxylic acids is 2. The molecule has 0 heterocycles. The van der Waals surface area contributed by atoms with Crippen LogP contribution in [0, 0.1) is 0 Å². The Kier molecular flexibility index (Phi) is 6.31. The minimum atomic E-state index is -0.732. The van der Waals surface area contributed by atoms with E-state index in [1.165, 1.54) is 31.4 Å². The van der Waals surface area contributed by atoms with Gasteiger partial charge in [0.1, 0.15) is 5.75 Å². The van der Waals surface area contributed by atoms with Crippen molar-refractivity contribution in [1.82, 2.24) is 0 Å². The quantitative estimate of drug-likeness (QED) is 0.769. The smallest absolute Gasteiger partial charge is 0.340 e. The van der Waals surface area contributed by atoms with Crippen molar-refractivity contribution in [2.45, 2.75) is 0 Å². The van der Waals surface area contributed by atoms with E-state index < -0.39 is 18.5 Å². The maximum atomic E-state index is 11.9. The van der Waals surface area contributed by atoms with Gasteiger partial charge < -0.3 is 14.8 Å². The predicted octanol–water partition coefficient (Wildman–Crippen LogP) is 4.45. The van der Waals surface area contributed by atoms with Crippen LogP contribution >= 0.6 is 34.8 Å².